The zero-order valence-electron chi connectivity index (χ0n) is 10.5. The molecule has 1 aromatic heterocycles. The van der Waals surface area contributed by atoms with Gasteiger partial charge in [-0.2, -0.15) is 0 Å². The van der Waals surface area contributed by atoms with E-state index in [2.05, 4.69) is 11.9 Å². The van der Waals surface area contributed by atoms with E-state index in [1.54, 1.807) is 0 Å². The molecule has 2 heterocycles. The van der Waals surface area contributed by atoms with Gasteiger partial charge in [0.1, 0.15) is 0 Å². The fourth-order valence-electron chi connectivity index (χ4n) is 2.72. The van der Waals surface area contributed by atoms with Gasteiger partial charge in [0, 0.05) is 29.3 Å². The number of ether oxygens (including phenoxy) is 1. The maximum atomic E-state index is 12.3. The Morgan fingerprint density at radius 2 is 2.24 bits per heavy atom. The molecular weight excluding hydrogens is 214 g/mol. The summed E-state index contributed by atoms with van der Waals surface area (Å²) in [6.07, 6.45) is 4.34. The Kier molecular flexibility index (Phi) is 2.58. The smallest absolute Gasteiger partial charge is 0.168 e. The lowest BCUT2D eigenvalue weighted by Crippen LogP contribution is -2.22. The van der Waals surface area contributed by atoms with E-state index in [9.17, 15) is 4.79 Å². The van der Waals surface area contributed by atoms with Crippen LogP contribution in [0.3, 0.4) is 0 Å². The molecular formula is C14H19NO2. The van der Waals surface area contributed by atoms with Crippen molar-refractivity contribution in [1.29, 1.82) is 0 Å². The highest BCUT2D eigenvalue weighted by atomic mass is 16.5. The standard InChI is InChI=1S/C14H19NO2/c1-3-10-6-11-12(7-17-10)15-8(2)13(11)14(16)9-4-5-9/h9-10,15H,3-7H2,1-2H3. The lowest BCUT2D eigenvalue weighted by Gasteiger charge is -2.22. The number of Topliss-reactive ketones (excluding diaryl/α,β-unsaturated/α-hetero) is 1. The van der Waals surface area contributed by atoms with E-state index >= 15 is 0 Å². The third-order valence-electron chi connectivity index (χ3n) is 3.92. The van der Waals surface area contributed by atoms with E-state index in [1.807, 2.05) is 6.92 Å². The summed E-state index contributed by atoms with van der Waals surface area (Å²) in [5.74, 6) is 0.660. The van der Waals surface area contributed by atoms with Crippen molar-refractivity contribution < 1.29 is 9.53 Å². The van der Waals surface area contributed by atoms with Gasteiger partial charge in [-0.3, -0.25) is 4.79 Å². The molecule has 17 heavy (non-hydrogen) atoms. The van der Waals surface area contributed by atoms with Crippen LogP contribution in [-0.2, 0) is 17.8 Å². The molecule has 1 aliphatic carbocycles. The third kappa shape index (κ3) is 1.82. The number of hydrogen-bond donors (Lipinski definition) is 1. The molecule has 0 amide bonds. The van der Waals surface area contributed by atoms with Crippen molar-refractivity contribution in [2.45, 2.75) is 52.2 Å². The number of rotatable bonds is 3. The molecule has 0 saturated heterocycles. The Bertz CT molecular complexity index is 457. The molecule has 92 valence electrons. The summed E-state index contributed by atoms with van der Waals surface area (Å²) in [6.45, 7) is 4.78. The average molecular weight is 233 g/mol. The molecule has 2 aliphatic rings. The largest absolute Gasteiger partial charge is 0.372 e. The van der Waals surface area contributed by atoms with E-state index in [-0.39, 0.29) is 6.10 Å². The Morgan fingerprint density at radius 3 is 2.88 bits per heavy atom. The molecule has 3 heteroatoms. The van der Waals surface area contributed by atoms with Gasteiger partial charge in [-0.05, 0) is 31.7 Å². The first-order chi connectivity index (χ1) is 8.20. The van der Waals surface area contributed by atoms with Crippen molar-refractivity contribution in [3.8, 4) is 0 Å². The number of fused-ring (bicyclic) bond motifs is 1. The molecule has 1 aliphatic heterocycles. The minimum Gasteiger partial charge on any atom is -0.372 e. The van der Waals surface area contributed by atoms with Gasteiger partial charge in [0.25, 0.3) is 0 Å². The first-order valence-electron chi connectivity index (χ1n) is 6.56. The second kappa shape index (κ2) is 3.98. The number of aryl methyl sites for hydroxylation is 1. The van der Waals surface area contributed by atoms with Crippen LogP contribution in [0.25, 0.3) is 0 Å². The number of H-pyrrole nitrogens is 1. The number of carbonyl (C=O) groups excluding carboxylic acids is 1. The molecule has 0 aromatic carbocycles. The highest BCUT2D eigenvalue weighted by molar-refractivity contribution is 6.02. The quantitative estimate of drug-likeness (QED) is 0.816. The summed E-state index contributed by atoms with van der Waals surface area (Å²) < 4.78 is 5.74. The lowest BCUT2D eigenvalue weighted by molar-refractivity contribution is 0.0245. The molecule has 1 aromatic rings. The van der Waals surface area contributed by atoms with E-state index in [1.165, 1.54) is 5.56 Å². The maximum Gasteiger partial charge on any atom is 0.168 e. The van der Waals surface area contributed by atoms with E-state index in [4.69, 9.17) is 4.74 Å². The van der Waals surface area contributed by atoms with Crippen molar-refractivity contribution in [3.63, 3.8) is 0 Å². The molecule has 1 unspecified atom stereocenters. The minimum atomic E-state index is 0.281. The van der Waals surface area contributed by atoms with Gasteiger partial charge >= 0.3 is 0 Å². The highest BCUT2D eigenvalue weighted by Crippen LogP contribution is 2.37. The first-order valence-corrected chi connectivity index (χ1v) is 6.56. The van der Waals surface area contributed by atoms with E-state index in [0.29, 0.717) is 18.3 Å². The molecule has 1 N–H and O–H groups in total. The fraction of sp³-hybridized carbons (Fsp3) is 0.643. The molecule has 1 fully saturated rings. The first kappa shape index (κ1) is 11.0. The Balaban J connectivity index is 1.97. The number of aromatic amines is 1. The number of carbonyl (C=O) groups is 1. The predicted molar refractivity (Wildman–Crippen MR) is 65.2 cm³/mol. The third-order valence-corrected chi connectivity index (χ3v) is 3.92. The Labute approximate surface area is 102 Å². The molecule has 0 bridgehead atoms. The minimum absolute atomic E-state index is 0.281. The van der Waals surface area contributed by atoms with Crippen LogP contribution in [0.4, 0.5) is 0 Å². The summed E-state index contributed by atoms with van der Waals surface area (Å²) in [7, 11) is 0. The van der Waals surface area contributed by atoms with Gasteiger partial charge in [0.05, 0.1) is 12.7 Å². The van der Waals surface area contributed by atoms with Crippen LogP contribution in [0.1, 0.15) is 53.5 Å². The highest BCUT2D eigenvalue weighted by Gasteiger charge is 2.35. The summed E-state index contributed by atoms with van der Waals surface area (Å²) in [6, 6.07) is 0. The van der Waals surface area contributed by atoms with Crippen LogP contribution in [0.15, 0.2) is 0 Å². The van der Waals surface area contributed by atoms with Crippen LogP contribution < -0.4 is 0 Å². The normalized spacial score (nSPS) is 23.5. The maximum absolute atomic E-state index is 12.3. The van der Waals surface area contributed by atoms with Crippen LogP contribution in [-0.4, -0.2) is 16.9 Å². The number of hydrogen-bond acceptors (Lipinski definition) is 2. The molecule has 0 spiro atoms. The second-order valence-corrected chi connectivity index (χ2v) is 5.27. The molecule has 1 saturated carbocycles. The molecule has 3 rings (SSSR count). The Hall–Kier alpha value is -1.09. The SMILES string of the molecule is CCC1Cc2c([nH]c(C)c2C(=O)C2CC2)CO1. The van der Waals surface area contributed by atoms with Crippen LogP contribution >= 0.6 is 0 Å². The van der Waals surface area contributed by atoms with Crippen molar-refractivity contribution in [2.24, 2.45) is 5.92 Å². The monoisotopic (exact) mass is 233 g/mol. The van der Waals surface area contributed by atoms with Crippen LogP contribution in [0.5, 0.6) is 0 Å². The van der Waals surface area contributed by atoms with Crippen LogP contribution in [0, 0.1) is 12.8 Å². The van der Waals surface area contributed by atoms with Crippen molar-refractivity contribution in [1.82, 2.24) is 4.98 Å². The molecule has 1 atom stereocenters. The topological polar surface area (TPSA) is 42.1 Å². The summed E-state index contributed by atoms with van der Waals surface area (Å²) in [5, 5.41) is 0. The zero-order chi connectivity index (χ0) is 12.0. The van der Waals surface area contributed by atoms with E-state index < -0.39 is 0 Å². The predicted octanol–water partition coefficient (Wildman–Crippen LogP) is 2.77. The number of ketones is 1. The lowest BCUT2D eigenvalue weighted by atomic mass is 9.95. The molecule has 0 radical (unpaired) electrons. The van der Waals surface area contributed by atoms with Gasteiger partial charge in [0.2, 0.25) is 0 Å². The van der Waals surface area contributed by atoms with Gasteiger partial charge in [0.15, 0.2) is 5.78 Å². The summed E-state index contributed by atoms with van der Waals surface area (Å²) >= 11 is 0. The van der Waals surface area contributed by atoms with E-state index in [0.717, 1.165) is 42.6 Å². The summed E-state index contributed by atoms with van der Waals surface area (Å²) in [4.78, 5) is 15.6. The average Bonchev–Trinajstić information content (AvgIpc) is 3.11. The summed E-state index contributed by atoms with van der Waals surface area (Å²) in [5.41, 5.74) is 4.37. The van der Waals surface area contributed by atoms with Gasteiger partial charge < -0.3 is 9.72 Å². The van der Waals surface area contributed by atoms with Crippen molar-refractivity contribution in [3.05, 3.63) is 22.5 Å². The van der Waals surface area contributed by atoms with Crippen LogP contribution in [0.2, 0.25) is 0 Å². The van der Waals surface area contributed by atoms with Gasteiger partial charge in [-0.1, -0.05) is 6.92 Å². The van der Waals surface area contributed by atoms with Gasteiger partial charge in [-0.25, -0.2) is 0 Å². The number of aromatic nitrogens is 1. The Morgan fingerprint density at radius 1 is 1.47 bits per heavy atom. The van der Waals surface area contributed by atoms with Crippen molar-refractivity contribution >= 4 is 5.78 Å². The number of nitrogens with one attached hydrogen (secondary N) is 1. The molecule has 3 nitrogen and oxygen atoms in total. The van der Waals surface area contributed by atoms with Gasteiger partial charge in [-0.15, -0.1) is 0 Å². The fourth-order valence-corrected chi connectivity index (χ4v) is 2.72. The second-order valence-electron chi connectivity index (χ2n) is 5.27. The zero-order valence-corrected chi connectivity index (χ0v) is 10.5. The van der Waals surface area contributed by atoms with Crippen molar-refractivity contribution in [2.75, 3.05) is 0 Å².